The van der Waals surface area contributed by atoms with Crippen molar-refractivity contribution in [2.75, 3.05) is 32.1 Å². The van der Waals surface area contributed by atoms with Gasteiger partial charge in [-0.2, -0.15) is 4.31 Å². The van der Waals surface area contributed by atoms with Gasteiger partial charge in [0.25, 0.3) is 0 Å². The monoisotopic (exact) mass is 509 g/mol. The van der Waals surface area contributed by atoms with Crippen LogP contribution in [0.3, 0.4) is 0 Å². The standard InChI is InChI=1S/C23H31N3O6S2/c1-17-7-8-19(15-18(17)2)33(28,29)24-12-11-23(27)25-21-16-20(9-10-22(21)32-3)34(30,31)26-13-5-4-6-14-26/h7-10,15-16,24H,4-6,11-14H2,1-3H3,(H,25,27). The number of aryl methyl sites for hydroxylation is 2. The summed E-state index contributed by atoms with van der Waals surface area (Å²) in [7, 11) is -6.02. The van der Waals surface area contributed by atoms with Crippen molar-refractivity contribution in [2.45, 2.75) is 49.3 Å². The van der Waals surface area contributed by atoms with Gasteiger partial charge in [0.2, 0.25) is 26.0 Å². The van der Waals surface area contributed by atoms with Crippen LogP contribution in [0.1, 0.15) is 36.8 Å². The van der Waals surface area contributed by atoms with E-state index in [2.05, 4.69) is 10.0 Å². The lowest BCUT2D eigenvalue weighted by Gasteiger charge is -2.26. The van der Waals surface area contributed by atoms with E-state index in [4.69, 9.17) is 4.74 Å². The molecule has 2 aromatic carbocycles. The number of amides is 1. The number of nitrogens with zero attached hydrogens (tertiary/aromatic N) is 1. The van der Waals surface area contributed by atoms with E-state index < -0.39 is 26.0 Å². The van der Waals surface area contributed by atoms with E-state index in [1.165, 1.54) is 35.7 Å². The van der Waals surface area contributed by atoms with E-state index in [0.717, 1.165) is 30.4 Å². The highest BCUT2D eigenvalue weighted by molar-refractivity contribution is 7.89. The molecule has 1 amide bonds. The van der Waals surface area contributed by atoms with Crippen molar-refractivity contribution >= 4 is 31.6 Å². The normalized spacial score (nSPS) is 15.1. The van der Waals surface area contributed by atoms with Crippen molar-refractivity contribution in [1.29, 1.82) is 0 Å². The molecule has 2 aromatic rings. The molecule has 34 heavy (non-hydrogen) atoms. The van der Waals surface area contributed by atoms with Crippen LogP contribution in [0.4, 0.5) is 5.69 Å². The molecule has 1 aliphatic rings. The van der Waals surface area contributed by atoms with Gasteiger partial charge in [-0.25, -0.2) is 21.6 Å². The molecule has 1 aliphatic heterocycles. The molecular weight excluding hydrogens is 478 g/mol. The minimum absolute atomic E-state index is 0.0703. The lowest BCUT2D eigenvalue weighted by molar-refractivity contribution is -0.116. The highest BCUT2D eigenvalue weighted by Gasteiger charge is 2.27. The molecule has 0 aromatic heterocycles. The molecule has 1 saturated heterocycles. The van der Waals surface area contributed by atoms with E-state index in [-0.39, 0.29) is 28.4 Å². The van der Waals surface area contributed by atoms with Crippen LogP contribution >= 0.6 is 0 Å². The fraction of sp³-hybridized carbons (Fsp3) is 0.435. The number of ether oxygens (including phenoxy) is 1. The summed E-state index contributed by atoms with van der Waals surface area (Å²) < 4.78 is 60.1. The van der Waals surface area contributed by atoms with E-state index >= 15 is 0 Å². The summed E-state index contributed by atoms with van der Waals surface area (Å²) in [6.07, 6.45) is 2.49. The van der Waals surface area contributed by atoms with Gasteiger partial charge in [-0.1, -0.05) is 12.5 Å². The fourth-order valence-electron chi connectivity index (χ4n) is 3.68. The second kappa shape index (κ2) is 10.9. The first kappa shape index (κ1) is 26.1. The molecule has 2 N–H and O–H groups in total. The van der Waals surface area contributed by atoms with Gasteiger partial charge in [0.05, 0.1) is 22.6 Å². The van der Waals surface area contributed by atoms with Crippen molar-refractivity contribution in [3.63, 3.8) is 0 Å². The third-order valence-electron chi connectivity index (χ3n) is 5.83. The maximum Gasteiger partial charge on any atom is 0.243 e. The molecule has 1 fully saturated rings. The van der Waals surface area contributed by atoms with Gasteiger partial charge < -0.3 is 10.1 Å². The minimum Gasteiger partial charge on any atom is -0.495 e. The number of rotatable bonds is 9. The first-order valence-corrected chi connectivity index (χ1v) is 14.0. The summed E-state index contributed by atoms with van der Waals surface area (Å²) in [5, 5.41) is 2.64. The average Bonchev–Trinajstić information content (AvgIpc) is 2.81. The zero-order chi connectivity index (χ0) is 24.9. The molecule has 186 valence electrons. The van der Waals surface area contributed by atoms with Crippen LogP contribution in [0.15, 0.2) is 46.2 Å². The van der Waals surface area contributed by atoms with E-state index in [1.54, 1.807) is 12.1 Å². The molecule has 0 radical (unpaired) electrons. The number of carbonyl (C=O) groups is 1. The Balaban J connectivity index is 1.66. The summed E-state index contributed by atoms with van der Waals surface area (Å²) in [4.78, 5) is 12.7. The van der Waals surface area contributed by atoms with Gasteiger partial charge in [0.15, 0.2) is 0 Å². The lowest BCUT2D eigenvalue weighted by Crippen LogP contribution is -2.35. The molecular formula is C23H31N3O6S2. The predicted molar refractivity (Wildman–Crippen MR) is 130 cm³/mol. The molecule has 0 aliphatic carbocycles. The number of piperidine rings is 1. The lowest BCUT2D eigenvalue weighted by atomic mass is 10.1. The topological polar surface area (TPSA) is 122 Å². The van der Waals surface area contributed by atoms with Crippen molar-refractivity contribution in [3.8, 4) is 5.75 Å². The second-order valence-electron chi connectivity index (χ2n) is 8.27. The zero-order valence-electron chi connectivity index (χ0n) is 19.6. The SMILES string of the molecule is COc1ccc(S(=O)(=O)N2CCCCC2)cc1NC(=O)CCNS(=O)(=O)c1ccc(C)c(C)c1. The molecule has 1 heterocycles. The molecule has 0 bridgehead atoms. The molecule has 0 saturated carbocycles. The maximum atomic E-state index is 13.0. The Morgan fingerprint density at radius 2 is 1.62 bits per heavy atom. The third kappa shape index (κ3) is 6.15. The van der Waals surface area contributed by atoms with Crippen LogP contribution in [-0.4, -0.2) is 53.8 Å². The van der Waals surface area contributed by atoms with Crippen LogP contribution in [-0.2, 0) is 24.8 Å². The van der Waals surface area contributed by atoms with Gasteiger partial charge in [0.1, 0.15) is 5.75 Å². The Morgan fingerprint density at radius 1 is 0.941 bits per heavy atom. The molecule has 11 heteroatoms. The first-order valence-electron chi connectivity index (χ1n) is 11.1. The van der Waals surface area contributed by atoms with Crippen LogP contribution in [0.25, 0.3) is 0 Å². The van der Waals surface area contributed by atoms with Gasteiger partial charge in [-0.05, 0) is 68.1 Å². The second-order valence-corrected chi connectivity index (χ2v) is 12.0. The zero-order valence-corrected chi connectivity index (χ0v) is 21.3. The van der Waals surface area contributed by atoms with Crippen molar-refractivity contribution in [3.05, 3.63) is 47.5 Å². The van der Waals surface area contributed by atoms with Gasteiger partial charge in [-0.3, -0.25) is 4.79 Å². The first-order chi connectivity index (χ1) is 16.0. The number of sulfonamides is 2. The Hall–Kier alpha value is -2.47. The number of methoxy groups -OCH3 is 1. The molecule has 0 atom stereocenters. The number of benzene rings is 2. The van der Waals surface area contributed by atoms with Gasteiger partial charge in [-0.15, -0.1) is 0 Å². The Bertz CT molecular complexity index is 1250. The fourth-order valence-corrected chi connectivity index (χ4v) is 6.34. The number of hydrogen-bond acceptors (Lipinski definition) is 6. The Morgan fingerprint density at radius 3 is 2.26 bits per heavy atom. The molecule has 0 spiro atoms. The summed E-state index contributed by atoms with van der Waals surface area (Å²) >= 11 is 0. The molecule has 0 unspecified atom stereocenters. The van der Waals surface area contributed by atoms with Crippen molar-refractivity contribution in [1.82, 2.24) is 9.03 Å². The van der Waals surface area contributed by atoms with Gasteiger partial charge >= 0.3 is 0 Å². The molecule has 3 rings (SSSR count). The quantitative estimate of drug-likeness (QED) is 0.536. The van der Waals surface area contributed by atoms with Crippen molar-refractivity contribution in [2.24, 2.45) is 0 Å². The third-order valence-corrected chi connectivity index (χ3v) is 9.18. The largest absolute Gasteiger partial charge is 0.495 e. The maximum absolute atomic E-state index is 13.0. The summed E-state index contributed by atoms with van der Waals surface area (Å²) in [5.41, 5.74) is 2.05. The number of nitrogens with one attached hydrogen (secondary N) is 2. The predicted octanol–water partition coefficient (Wildman–Crippen LogP) is 2.79. The highest BCUT2D eigenvalue weighted by Crippen LogP contribution is 2.30. The smallest absolute Gasteiger partial charge is 0.243 e. The van der Waals surface area contributed by atoms with Crippen LogP contribution in [0.5, 0.6) is 5.75 Å². The van der Waals surface area contributed by atoms with Crippen LogP contribution in [0.2, 0.25) is 0 Å². The molecule has 9 nitrogen and oxygen atoms in total. The summed E-state index contributed by atoms with van der Waals surface area (Å²) in [6, 6.07) is 9.15. The highest BCUT2D eigenvalue weighted by atomic mass is 32.2. The van der Waals surface area contributed by atoms with E-state index in [1.807, 2.05) is 13.8 Å². The summed E-state index contributed by atoms with van der Waals surface area (Å²) in [6.45, 7) is 4.54. The number of anilines is 1. The summed E-state index contributed by atoms with van der Waals surface area (Å²) in [5.74, 6) is -0.171. The van der Waals surface area contributed by atoms with E-state index in [9.17, 15) is 21.6 Å². The number of carbonyl (C=O) groups excluding carboxylic acids is 1. The average molecular weight is 510 g/mol. The number of hydrogen-bond donors (Lipinski definition) is 2. The Labute approximate surface area is 201 Å². The van der Waals surface area contributed by atoms with E-state index in [0.29, 0.717) is 18.8 Å². The van der Waals surface area contributed by atoms with Gasteiger partial charge in [0, 0.05) is 26.1 Å². The van der Waals surface area contributed by atoms with Crippen LogP contribution in [0, 0.1) is 13.8 Å². The van der Waals surface area contributed by atoms with Crippen LogP contribution < -0.4 is 14.8 Å². The minimum atomic E-state index is -3.76. The Kier molecular flexibility index (Phi) is 8.34. The van der Waals surface area contributed by atoms with Crippen molar-refractivity contribution < 1.29 is 26.4 Å².